The highest BCUT2D eigenvalue weighted by molar-refractivity contribution is 6.30. The van der Waals surface area contributed by atoms with Crippen LogP contribution < -0.4 is 11.4 Å². The lowest BCUT2D eigenvalue weighted by molar-refractivity contribution is -0.155. The van der Waals surface area contributed by atoms with Gasteiger partial charge in [-0.25, -0.2) is 37.1 Å². The summed E-state index contributed by atoms with van der Waals surface area (Å²) in [5.41, 5.74) is -0.525. The van der Waals surface area contributed by atoms with Crippen LogP contribution in [-0.4, -0.2) is 61.9 Å². The number of hydrogen-bond donors (Lipinski definition) is 0. The fourth-order valence-corrected chi connectivity index (χ4v) is 5.59. The fraction of sp³-hybridized carbons (Fsp3) is 0.560. The molecule has 11 nitrogen and oxygen atoms in total. The molecule has 3 fully saturated rings. The molecule has 0 saturated carbocycles. The molecule has 13 heteroatoms. The Hall–Kier alpha value is -3.45. The van der Waals surface area contributed by atoms with Crippen LogP contribution in [0.25, 0.3) is 0 Å². The number of hydrogen-bond acceptors (Lipinski definition) is 9. The summed E-state index contributed by atoms with van der Waals surface area (Å²) < 4.78 is 45.4. The highest BCUT2D eigenvalue weighted by atomic mass is 19.1. The molecular formula is C25H28F2N4O7. The summed E-state index contributed by atoms with van der Waals surface area (Å²) in [6, 6.07) is 7.41. The number of halogens is 2. The lowest BCUT2D eigenvalue weighted by Crippen LogP contribution is -2.50. The van der Waals surface area contributed by atoms with Gasteiger partial charge in [0.05, 0.1) is 19.3 Å². The number of nitrogens with zero attached hydrogens (tertiary/aromatic N) is 4. The predicted octanol–water partition coefficient (Wildman–Crippen LogP) is 1.29. The first kappa shape index (κ1) is 26.2. The van der Waals surface area contributed by atoms with Gasteiger partial charge in [-0.05, 0) is 43.7 Å². The zero-order chi connectivity index (χ0) is 27.0. The van der Waals surface area contributed by atoms with E-state index < -0.39 is 49.1 Å². The van der Waals surface area contributed by atoms with E-state index in [4.69, 9.17) is 14.2 Å². The number of aromatic nitrogens is 3. The van der Waals surface area contributed by atoms with Crippen molar-refractivity contribution in [2.45, 2.75) is 83.2 Å². The maximum absolute atomic E-state index is 15.3. The molecular weight excluding hydrogens is 506 g/mol. The van der Waals surface area contributed by atoms with Gasteiger partial charge in [0.2, 0.25) is 0 Å². The van der Waals surface area contributed by atoms with Crippen molar-refractivity contribution < 1.29 is 32.6 Å². The predicted molar refractivity (Wildman–Crippen MR) is 126 cm³/mol. The Kier molecular flexibility index (Phi) is 7.39. The van der Waals surface area contributed by atoms with Crippen molar-refractivity contribution in [1.82, 2.24) is 19.0 Å². The summed E-state index contributed by atoms with van der Waals surface area (Å²) in [5.74, 6) is -2.71. The number of carbonyl (C=O) groups is 2. The molecule has 0 amide bonds. The maximum atomic E-state index is 15.3. The van der Waals surface area contributed by atoms with Crippen LogP contribution in [0.3, 0.4) is 0 Å². The minimum absolute atomic E-state index is 0.0138. The number of fused-ring (bicyclic) bond motifs is 2. The molecule has 0 N–H and O–H groups in total. The number of ether oxygens (including phenoxy) is 3. The van der Waals surface area contributed by atoms with Gasteiger partial charge in [-0.3, -0.25) is 4.90 Å². The minimum Gasteiger partial charge on any atom is -0.397 e. The molecule has 204 valence electrons. The monoisotopic (exact) mass is 534 g/mol. The molecule has 5 rings (SSSR count). The minimum atomic E-state index is -1.70. The number of alkyl halides is 2. The smallest absolute Gasteiger partial charge is 0.397 e. The van der Waals surface area contributed by atoms with E-state index in [1.165, 1.54) is 6.92 Å². The third-order valence-corrected chi connectivity index (χ3v) is 7.43. The summed E-state index contributed by atoms with van der Waals surface area (Å²) >= 11 is 0. The molecule has 1 aromatic carbocycles. The quantitative estimate of drug-likeness (QED) is 0.346. The van der Waals surface area contributed by atoms with Gasteiger partial charge in [-0.2, -0.15) is 4.98 Å². The van der Waals surface area contributed by atoms with Crippen molar-refractivity contribution in [1.29, 1.82) is 0 Å². The second kappa shape index (κ2) is 10.7. The SMILES string of the molecule is Cc1nc(=O)n(C[C@@H](F)CN2[C@H]3CC[C@H]2CC(OCc2ccccc2CF)C3)c(=O)n1C1OC(=O)C(=O)O1. The summed E-state index contributed by atoms with van der Waals surface area (Å²) in [5, 5.41) is 0. The molecule has 2 aromatic rings. The molecule has 4 heterocycles. The highest BCUT2D eigenvalue weighted by Crippen LogP contribution is 2.37. The number of piperidine rings is 1. The molecule has 0 aliphatic carbocycles. The van der Waals surface area contributed by atoms with Crippen LogP contribution in [-0.2, 0) is 43.6 Å². The van der Waals surface area contributed by atoms with Gasteiger partial charge < -0.3 is 14.2 Å². The summed E-state index contributed by atoms with van der Waals surface area (Å²) in [6.45, 7) is 0.523. The van der Waals surface area contributed by atoms with Crippen molar-refractivity contribution in [3.8, 4) is 0 Å². The molecule has 1 aromatic heterocycles. The summed E-state index contributed by atoms with van der Waals surface area (Å²) in [6.07, 6.45) is -0.111. The van der Waals surface area contributed by atoms with E-state index >= 15 is 4.39 Å². The lowest BCUT2D eigenvalue weighted by atomic mass is 9.99. The van der Waals surface area contributed by atoms with E-state index in [9.17, 15) is 23.6 Å². The van der Waals surface area contributed by atoms with E-state index in [0.29, 0.717) is 29.6 Å². The van der Waals surface area contributed by atoms with Crippen LogP contribution >= 0.6 is 0 Å². The second-order valence-electron chi connectivity index (χ2n) is 9.81. The molecule has 3 aliphatic heterocycles. The summed E-state index contributed by atoms with van der Waals surface area (Å²) in [7, 11) is 0. The van der Waals surface area contributed by atoms with Gasteiger partial charge in [0, 0.05) is 18.6 Å². The molecule has 3 saturated heterocycles. The normalized spacial score (nSPS) is 24.4. The first-order chi connectivity index (χ1) is 18.2. The van der Waals surface area contributed by atoms with Gasteiger partial charge >= 0.3 is 29.7 Å². The number of carbonyl (C=O) groups excluding carboxylic acids is 2. The van der Waals surface area contributed by atoms with E-state index in [2.05, 4.69) is 9.88 Å². The van der Waals surface area contributed by atoms with E-state index in [1.807, 2.05) is 12.1 Å². The topological polar surface area (TPSA) is 122 Å². The Morgan fingerprint density at radius 3 is 2.29 bits per heavy atom. The van der Waals surface area contributed by atoms with Gasteiger partial charge in [-0.1, -0.05) is 24.3 Å². The van der Waals surface area contributed by atoms with Gasteiger partial charge in [0.15, 0.2) is 0 Å². The van der Waals surface area contributed by atoms with E-state index in [0.717, 1.165) is 23.0 Å². The van der Waals surface area contributed by atoms with Crippen molar-refractivity contribution in [2.75, 3.05) is 6.54 Å². The average Bonchev–Trinajstić information content (AvgIpc) is 3.32. The van der Waals surface area contributed by atoms with Crippen LogP contribution in [0.1, 0.15) is 49.0 Å². The van der Waals surface area contributed by atoms with Gasteiger partial charge in [0.25, 0.3) is 0 Å². The molecule has 3 atom stereocenters. The number of cyclic esters (lactones) is 2. The molecule has 3 aliphatic rings. The van der Waals surface area contributed by atoms with Crippen LogP contribution in [0.5, 0.6) is 0 Å². The molecule has 0 unspecified atom stereocenters. The number of benzene rings is 1. The first-order valence-corrected chi connectivity index (χ1v) is 12.5. The standard InChI is InChI=1S/C25H28F2N4O7/c1-14-28-23(34)30(24(35)31(14)25-37-21(32)22(33)38-25)12-17(27)11-29-18-6-7-19(29)9-20(8-18)36-13-16-5-3-2-4-15(16)10-26/h2-5,17-20,25H,6-13H2,1H3/t17-,18-,19-/m0/s1. The van der Waals surface area contributed by atoms with Crippen LogP contribution in [0.4, 0.5) is 8.78 Å². The van der Waals surface area contributed by atoms with Gasteiger partial charge in [-0.15, -0.1) is 0 Å². The first-order valence-electron chi connectivity index (χ1n) is 12.5. The third-order valence-electron chi connectivity index (χ3n) is 7.43. The zero-order valence-electron chi connectivity index (χ0n) is 20.8. The van der Waals surface area contributed by atoms with Crippen LogP contribution in [0, 0.1) is 6.92 Å². The Labute approximate surface area is 215 Å². The Bertz CT molecular complexity index is 1320. The van der Waals surface area contributed by atoms with E-state index in [-0.39, 0.29) is 30.6 Å². The molecule has 2 bridgehead atoms. The number of rotatable bonds is 9. The largest absolute Gasteiger partial charge is 0.422 e. The van der Waals surface area contributed by atoms with Crippen LogP contribution in [0.15, 0.2) is 33.9 Å². The van der Waals surface area contributed by atoms with Gasteiger partial charge in [0.1, 0.15) is 18.7 Å². The molecule has 0 radical (unpaired) electrons. The Balaban J connectivity index is 1.22. The van der Waals surface area contributed by atoms with Crippen molar-refractivity contribution in [3.05, 3.63) is 62.2 Å². The van der Waals surface area contributed by atoms with E-state index in [1.54, 1.807) is 12.1 Å². The number of aryl methyl sites for hydroxylation is 1. The number of esters is 2. The third kappa shape index (κ3) is 5.12. The lowest BCUT2D eigenvalue weighted by Gasteiger charge is -2.39. The zero-order valence-corrected chi connectivity index (χ0v) is 20.8. The van der Waals surface area contributed by atoms with Crippen LogP contribution in [0.2, 0.25) is 0 Å². The van der Waals surface area contributed by atoms with Crippen molar-refractivity contribution in [3.63, 3.8) is 0 Å². The fourth-order valence-electron chi connectivity index (χ4n) is 5.59. The van der Waals surface area contributed by atoms with Crippen molar-refractivity contribution in [2.24, 2.45) is 0 Å². The molecule has 0 spiro atoms. The van der Waals surface area contributed by atoms with Crippen molar-refractivity contribution >= 4 is 11.9 Å². The average molecular weight is 535 g/mol. The second-order valence-corrected chi connectivity index (χ2v) is 9.81. The Morgan fingerprint density at radius 2 is 1.66 bits per heavy atom. The Morgan fingerprint density at radius 1 is 1.03 bits per heavy atom. The molecule has 38 heavy (non-hydrogen) atoms. The highest BCUT2D eigenvalue weighted by Gasteiger charge is 2.42. The maximum Gasteiger partial charge on any atom is 0.422 e. The summed E-state index contributed by atoms with van der Waals surface area (Å²) in [4.78, 5) is 53.9.